The largest absolute Gasteiger partial charge is 0.346 e. The topological polar surface area (TPSA) is 65.8 Å². The molecule has 1 heterocycles. The first-order valence-corrected chi connectivity index (χ1v) is 5.84. The van der Waals surface area contributed by atoms with Crippen LogP contribution in [0.15, 0.2) is 35.8 Å². The number of amides is 1. The Morgan fingerprint density at radius 3 is 2.76 bits per heavy atom. The van der Waals surface area contributed by atoms with E-state index in [0.29, 0.717) is 17.7 Å². The Bertz CT molecular complexity index is 540. The van der Waals surface area contributed by atoms with E-state index in [2.05, 4.69) is 10.3 Å². The number of carbonyl (C=O) groups excluding carboxylic acids is 1. The van der Waals surface area contributed by atoms with Gasteiger partial charge < -0.3 is 5.32 Å². The molecule has 0 spiro atoms. The molecule has 5 heteroatoms. The van der Waals surface area contributed by atoms with Crippen LogP contribution in [0.2, 0.25) is 0 Å². The van der Waals surface area contributed by atoms with Gasteiger partial charge in [-0.2, -0.15) is 5.26 Å². The maximum absolute atomic E-state index is 11.7. The average molecular weight is 243 g/mol. The van der Waals surface area contributed by atoms with Crippen molar-refractivity contribution in [3.8, 4) is 6.07 Å². The molecule has 2 aromatic rings. The molecule has 0 saturated carbocycles. The summed E-state index contributed by atoms with van der Waals surface area (Å²) >= 11 is 1.50. The van der Waals surface area contributed by atoms with Crippen molar-refractivity contribution in [2.24, 2.45) is 0 Å². The standard InChI is InChI=1S/C12H9N3OS/c13-7-9-1-3-10(4-2-9)12(16)15-8-11-14-5-6-17-11/h1-6H,8H2,(H,15,16). The van der Waals surface area contributed by atoms with Crippen molar-refractivity contribution in [3.05, 3.63) is 52.0 Å². The zero-order chi connectivity index (χ0) is 12.1. The number of nitrogens with zero attached hydrogens (tertiary/aromatic N) is 2. The van der Waals surface area contributed by atoms with Gasteiger partial charge in [0.1, 0.15) is 5.01 Å². The Hall–Kier alpha value is -2.19. The van der Waals surface area contributed by atoms with E-state index >= 15 is 0 Å². The SMILES string of the molecule is N#Cc1ccc(C(=O)NCc2nccs2)cc1. The first-order chi connectivity index (χ1) is 8.29. The summed E-state index contributed by atoms with van der Waals surface area (Å²) < 4.78 is 0. The molecular formula is C12H9N3OS. The van der Waals surface area contributed by atoms with Crippen LogP contribution in [-0.4, -0.2) is 10.9 Å². The number of carbonyl (C=O) groups is 1. The smallest absolute Gasteiger partial charge is 0.251 e. The van der Waals surface area contributed by atoms with Crippen molar-refractivity contribution < 1.29 is 4.79 Å². The third-order valence-electron chi connectivity index (χ3n) is 2.16. The molecular weight excluding hydrogens is 234 g/mol. The third kappa shape index (κ3) is 2.89. The zero-order valence-electron chi connectivity index (χ0n) is 8.88. The van der Waals surface area contributed by atoms with Crippen LogP contribution in [0.5, 0.6) is 0 Å². The lowest BCUT2D eigenvalue weighted by atomic mass is 10.1. The molecule has 0 radical (unpaired) electrons. The Morgan fingerprint density at radius 2 is 2.18 bits per heavy atom. The minimum Gasteiger partial charge on any atom is -0.346 e. The van der Waals surface area contributed by atoms with E-state index in [1.54, 1.807) is 30.5 Å². The predicted molar refractivity (Wildman–Crippen MR) is 64.4 cm³/mol. The molecule has 2 rings (SSSR count). The van der Waals surface area contributed by atoms with Gasteiger partial charge in [-0.15, -0.1) is 11.3 Å². The fraction of sp³-hybridized carbons (Fsp3) is 0.0833. The van der Waals surface area contributed by atoms with E-state index in [1.165, 1.54) is 11.3 Å². The van der Waals surface area contributed by atoms with Crippen LogP contribution in [0.3, 0.4) is 0 Å². The van der Waals surface area contributed by atoms with Gasteiger partial charge in [-0.05, 0) is 24.3 Å². The number of nitriles is 1. The van der Waals surface area contributed by atoms with Crippen LogP contribution in [0.25, 0.3) is 0 Å². The first-order valence-electron chi connectivity index (χ1n) is 4.96. The Labute approximate surface area is 103 Å². The van der Waals surface area contributed by atoms with Gasteiger partial charge in [-0.25, -0.2) is 4.98 Å². The highest BCUT2D eigenvalue weighted by Gasteiger charge is 2.05. The Balaban J connectivity index is 1.97. The molecule has 0 unspecified atom stereocenters. The molecule has 0 aliphatic carbocycles. The minimum absolute atomic E-state index is 0.162. The van der Waals surface area contributed by atoms with Crippen LogP contribution >= 0.6 is 11.3 Å². The minimum atomic E-state index is -0.162. The lowest BCUT2D eigenvalue weighted by Crippen LogP contribution is -2.22. The molecule has 0 bridgehead atoms. The molecule has 17 heavy (non-hydrogen) atoms. The van der Waals surface area contributed by atoms with Gasteiger partial charge in [0.15, 0.2) is 0 Å². The van der Waals surface area contributed by atoms with E-state index in [9.17, 15) is 4.79 Å². The third-order valence-corrected chi connectivity index (χ3v) is 2.94. The van der Waals surface area contributed by atoms with Crippen LogP contribution in [0.4, 0.5) is 0 Å². The maximum Gasteiger partial charge on any atom is 0.251 e. The predicted octanol–water partition coefficient (Wildman–Crippen LogP) is 1.94. The number of hydrogen-bond acceptors (Lipinski definition) is 4. The summed E-state index contributed by atoms with van der Waals surface area (Å²) in [4.78, 5) is 15.8. The second kappa shape index (κ2) is 5.23. The van der Waals surface area contributed by atoms with Gasteiger partial charge in [0.25, 0.3) is 5.91 Å². The number of aromatic nitrogens is 1. The molecule has 0 aliphatic heterocycles. The fourth-order valence-corrected chi connectivity index (χ4v) is 1.85. The lowest BCUT2D eigenvalue weighted by Gasteiger charge is -2.02. The molecule has 0 atom stereocenters. The Kier molecular flexibility index (Phi) is 3.48. The quantitative estimate of drug-likeness (QED) is 0.896. The maximum atomic E-state index is 11.7. The number of thiazole rings is 1. The summed E-state index contributed by atoms with van der Waals surface area (Å²) in [6.07, 6.45) is 1.70. The van der Waals surface area contributed by atoms with Crippen molar-refractivity contribution in [3.63, 3.8) is 0 Å². The molecule has 0 saturated heterocycles. The van der Waals surface area contributed by atoms with Crippen molar-refractivity contribution in [2.75, 3.05) is 0 Å². The molecule has 1 aromatic heterocycles. The van der Waals surface area contributed by atoms with Crippen molar-refractivity contribution in [1.29, 1.82) is 5.26 Å². The number of hydrogen-bond donors (Lipinski definition) is 1. The van der Waals surface area contributed by atoms with Crippen LogP contribution in [0.1, 0.15) is 20.9 Å². The van der Waals surface area contributed by atoms with Gasteiger partial charge in [-0.3, -0.25) is 4.79 Å². The lowest BCUT2D eigenvalue weighted by molar-refractivity contribution is 0.0951. The molecule has 4 nitrogen and oxygen atoms in total. The summed E-state index contributed by atoms with van der Waals surface area (Å²) in [6, 6.07) is 8.52. The fourth-order valence-electron chi connectivity index (χ4n) is 1.29. The number of nitrogens with one attached hydrogen (secondary N) is 1. The molecule has 1 aromatic carbocycles. The van der Waals surface area contributed by atoms with E-state index in [0.717, 1.165) is 5.01 Å². The summed E-state index contributed by atoms with van der Waals surface area (Å²) in [6.45, 7) is 0.427. The summed E-state index contributed by atoms with van der Waals surface area (Å²) in [5, 5.41) is 14.1. The first kappa shape index (κ1) is 11.3. The highest BCUT2D eigenvalue weighted by Crippen LogP contribution is 2.05. The van der Waals surface area contributed by atoms with Crippen molar-refractivity contribution in [1.82, 2.24) is 10.3 Å². The van der Waals surface area contributed by atoms with Crippen LogP contribution < -0.4 is 5.32 Å². The van der Waals surface area contributed by atoms with Crippen LogP contribution in [0, 0.1) is 11.3 Å². The summed E-state index contributed by atoms with van der Waals surface area (Å²) in [7, 11) is 0. The highest BCUT2D eigenvalue weighted by molar-refractivity contribution is 7.09. The van der Waals surface area contributed by atoms with Gasteiger partial charge in [0.05, 0.1) is 18.2 Å². The average Bonchev–Trinajstić information content (AvgIpc) is 2.89. The second-order valence-corrected chi connectivity index (χ2v) is 4.28. The van der Waals surface area contributed by atoms with Crippen molar-refractivity contribution in [2.45, 2.75) is 6.54 Å². The monoisotopic (exact) mass is 243 g/mol. The van der Waals surface area contributed by atoms with Gasteiger partial charge in [0.2, 0.25) is 0 Å². The van der Waals surface area contributed by atoms with E-state index in [-0.39, 0.29) is 5.91 Å². The van der Waals surface area contributed by atoms with Crippen LogP contribution in [-0.2, 0) is 6.54 Å². The number of rotatable bonds is 3. The van der Waals surface area contributed by atoms with E-state index < -0.39 is 0 Å². The zero-order valence-corrected chi connectivity index (χ0v) is 9.70. The second-order valence-electron chi connectivity index (χ2n) is 3.30. The van der Waals surface area contributed by atoms with Gasteiger partial charge in [0, 0.05) is 17.1 Å². The van der Waals surface area contributed by atoms with Gasteiger partial charge >= 0.3 is 0 Å². The van der Waals surface area contributed by atoms with E-state index in [4.69, 9.17) is 5.26 Å². The Morgan fingerprint density at radius 1 is 1.41 bits per heavy atom. The van der Waals surface area contributed by atoms with Gasteiger partial charge in [-0.1, -0.05) is 0 Å². The number of benzene rings is 1. The molecule has 1 N–H and O–H groups in total. The van der Waals surface area contributed by atoms with E-state index in [1.807, 2.05) is 11.4 Å². The molecule has 84 valence electrons. The molecule has 1 amide bonds. The molecule has 0 aliphatic rings. The highest BCUT2D eigenvalue weighted by atomic mass is 32.1. The van der Waals surface area contributed by atoms with Crippen molar-refractivity contribution >= 4 is 17.2 Å². The summed E-state index contributed by atoms with van der Waals surface area (Å²) in [5.41, 5.74) is 1.09. The summed E-state index contributed by atoms with van der Waals surface area (Å²) in [5.74, 6) is -0.162. The molecule has 0 fully saturated rings. The normalized spacial score (nSPS) is 9.59.